The number of benzene rings is 1. The van der Waals surface area contributed by atoms with Gasteiger partial charge in [-0.1, -0.05) is 0 Å². The molecule has 1 atom stereocenters. The first-order chi connectivity index (χ1) is 8.38. The number of rotatable bonds is 4. The van der Waals surface area contributed by atoms with E-state index >= 15 is 0 Å². The summed E-state index contributed by atoms with van der Waals surface area (Å²) in [6.45, 7) is 1.94. The molecule has 1 aromatic rings. The lowest BCUT2D eigenvalue weighted by Crippen LogP contribution is -2.37. The maximum absolute atomic E-state index is 13.4. The molecule has 1 amide bonds. The van der Waals surface area contributed by atoms with Crippen LogP contribution in [0.5, 0.6) is 5.75 Å². The van der Waals surface area contributed by atoms with Gasteiger partial charge in [0.2, 0.25) is 5.82 Å². The Kier molecular flexibility index (Phi) is 6.64. The van der Waals surface area contributed by atoms with Crippen molar-refractivity contribution < 1.29 is 23.1 Å². The number of amides is 1. The minimum absolute atomic E-state index is 0. The molecule has 0 fully saturated rings. The molecule has 0 spiro atoms. The molecule has 0 aliphatic rings. The fourth-order valence-corrected chi connectivity index (χ4v) is 1.20. The van der Waals surface area contributed by atoms with E-state index in [2.05, 4.69) is 10.6 Å². The van der Waals surface area contributed by atoms with E-state index in [9.17, 15) is 18.0 Å². The summed E-state index contributed by atoms with van der Waals surface area (Å²) in [6.07, 6.45) is 0. The summed E-state index contributed by atoms with van der Waals surface area (Å²) in [5.41, 5.74) is -0.741. The van der Waals surface area contributed by atoms with Gasteiger partial charge in [0.05, 0.1) is 5.56 Å². The van der Waals surface area contributed by atoms with Gasteiger partial charge in [0, 0.05) is 12.6 Å². The van der Waals surface area contributed by atoms with Gasteiger partial charge in [-0.2, -0.15) is 4.39 Å². The van der Waals surface area contributed by atoms with E-state index in [1.807, 2.05) is 0 Å². The zero-order valence-electron chi connectivity index (χ0n) is 10.3. The molecule has 108 valence electrons. The molecular formula is C11H14ClF3N2O2. The molecule has 19 heavy (non-hydrogen) atoms. The SMILES string of the molecule is CNC(C)CNC(=O)c1cc(F)c(F)c(O)c1F.Cl. The Bertz CT molecular complexity index is 472. The van der Waals surface area contributed by atoms with Crippen molar-refractivity contribution in [2.24, 2.45) is 0 Å². The monoisotopic (exact) mass is 298 g/mol. The number of hydrogen-bond acceptors (Lipinski definition) is 3. The van der Waals surface area contributed by atoms with Gasteiger partial charge in [0.15, 0.2) is 17.4 Å². The average Bonchev–Trinajstić information content (AvgIpc) is 2.37. The summed E-state index contributed by atoms with van der Waals surface area (Å²) in [6, 6.07) is 0.333. The van der Waals surface area contributed by atoms with Crippen molar-refractivity contribution in [3.05, 3.63) is 29.1 Å². The minimum atomic E-state index is -1.72. The van der Waals surface area contributed by atoms with Crippen LogP contribution in [0.4, 0.5) is 13.2 Å². The highest BCUT2D eigenvalue weighted by Crippen LogP contribution is 2.25. The van der Waals surface area contributed by atoms with Gasteiger partial charge in [0.1, 0.15) is 0 Å². The van der Waals surface area contributed by atoms with E-state index in [1.165, 1.54) is 0 Å². The maximum atomic E-state index is 13.4. The van der Waals surface area contributed by atoms with Gasteiger partial charge in [0.25, 0.3) is 5.91 Å². The van der Waals surface area contributed by atoms with E-state index < -0.39 is 34.7 Å². The fourth-order valence-electron chi connectivity index (χ4n) is 1.20. The Balaban J connectivity index is 0.00000324. The lowest BCUT2D eigenvalue weighted by molar-refractivity contribution is 0.0944. The Hall–Kier alpha value is -1.47. The molecule has 0 aliphatic carbocycles. The summed E-state index contributed by atoms with van der Waals surface area (Å²) >= 11 is 0. The molecular weight excluding hydrogens is 285 g/mol. The van der Waals surface area contributed by atoms with E-state index in [-0.39, 0.29) is 25.0 Å². The van der Waals surface area contributed by atoms with Gasteiger partial charge < -0.3 is 15.7 Å². The largest absolute Gasteiger partial charge is 0.503 e. The van der Waals surface area contributed by atoms with Crippen LogP contribution in [0.2, 0.25) is 0 Å². The third-order valence-corrected chi connectivity index (χ3v) is 2.44. The minimum Gasteiger partial charge on any atom is -0.503 e. The second kappa shape index (κ2) is 7.20. The molecule has 0 radical (unpaired) electrons. The maximum Gasteiger partial charge on any atom is 0.254 e. The van der Waals surface area contributed by atoms with Crippen LogP contribution in [-0.2, 0) is 0 Å². The molecule has 0 aliphatic heterocycles. The number of phenolic OH excluding ortho intramolecular Hbond substituents is 1. The standard InChI is InChI=1S/C11H13F3N2O2.ClH/c1-5(15-2)4-16-11(18)6-3-7(12)9(14)10(17)8(6)13;/h3,5,15,17H,4H2,1-2H3,(H,16,18);1H. The first-order valence-electron chi connectivity index (χ1n) is 5.20. The van der Waals surface area contributed by atoms with Crippen LogP contribution in [0.25, 0.3) is 0 Å². The molecule has 4 nitrogen and oxygen atoms in total. The van der Waals surface area contributed by atoms with Crippen LogP contribution >= 0.6 is 12.4 Å². The first-order valence-corrected chi connectivity index (χ1v) is 5.20. The van der Waals surface area contributed by atoms with Crippen molar-refractivity contribution in [2.45, 2.75) is 13.0 Å². The van der Waals surface area contributed by atoms with Gasteiger partial charge in [-0.05, 0) is 20.0 Å². The molecule has 1 unspecified atom stereocenters. The number of likely N-dealkylation sites (N-methyl/N-ethyl adjacent to an activating group) is 1. The molecule has 0 saturated carbocycles. The van der Waals surface area contributed by atoms with Crippen LogP contribution < -0.4 is 10.6 Å². The second-order valence-corrected chi connectivity index (χ2v) is 3.78. The lowest BCUT2D eigenvalue weighted by atomic mass is 10.1. The summed E-state index contributed by atoms with van der Waals surface area (Å²) in [5, 5.41) is 14.1. The van der Waals surface area contributed by atoms with Gasteiger partial charge in [-0.3, -0.25) is 4.79 Å². The van der Waals surface area contributed by atoms with Crippen molar-refractivity contribution in [1.29, 1.82) is 0 Å². The number of phenols is 1. The zero-order chi connectivity index (χ0) is 13.9. The number of hydrogen-bond donors (Lipinski definition) is 3. The number of carbonyl (C=O) groups excluding carboxylic acids is 1. The Morgan fingerprint density at radius 2 is 1.95 bits per heavy atom. The quantitative estimate of drug-likeness (QED) is 0.740. The van der Waals surface area contributed by atoms with Crippen LogP contribution in [0, 0.1) is 17.5 Å². The molecule has 0 bridgehead atoms. The van der Waals surface area contributed by atoms with Crippen molar-refractivity contribution in [3.8, 4) is 5.75 Å². The molecule has 8 heteroatoms. The highest BCUT2D eigenvalue weighted by atomic mass is 35.5. The molecule has 1 rings (SSSR count). The Morgan fingerprint density at radius 1 is 1.37 bits per heavy atom. The third-order valence-electron chi connectivity index (χ3n) is 2.44. The Morgan fingerprint density at radius 3 is 2.47 bits per heavy atom. The highest BCUT2D eigenvalue weighted by Gasteiger charge is 2.22. The topological polar surface area (TPSA) is 61.4 Å². The van der Waals surface area contributed by atoms with E-state index in [4.69, 9.17) is 5.11 Å². The molecule has 0 saturated heterocycles. The van der Waals surface area contributed by atoms with Crippen molar-refractivity contribution in [2.75, 3.05) is 13.6 Å². The molecule has 0 aromatic heterocycles. The summed E-state index contributed by atoms with van der Waals surface area (Å²) < 4.78 is 39.1. The zero-order valence-corrected chi connectivity index (χ0v) is 11.1. The van der Waals surface area contributed by atoms with Crippen LogP contribution in [0.15, 0.2) is 6.07 Å². The molecule has 3 N–H and O–H groups in total. The fraction of sp³-hybridized carbons (Fsp3) is 0.364. The van der Waals surface area contributed by atoms with Crippen LogP contribution in [0.3, 0.4) is 0 Å². The predicted octanol–water partition coefficient (Wildman–Crippen LogP) is 1.57. The average molecular weight is 299 g/mol. The second-order valence-electron chi connectivity index (χ2n) is 3.78. The summed E-state index contributed by atoms with van der Waals surface area (Å²) in [7, 11) is 1.67. The normalized spacial score (nSPS) is 11.6. The van der Waals surface area contributed by atoms with Crippen molar-refractivity contribution in [1.82, 2.24) is 10.6 Å². The van der Waals surface area contributed by atoms with E-state index in [0.29, 0.717) is 6.07 Å². The highest BCUT2D eigenvalue weighted by molar-refractivity contribution is 5.95. The Labute approximate surface area is 114 Å². The van der Waals surface area contributed by atoms with Crippen molar-refractivity contribution >= 4 is 18.3 Å². The number of carbonyl (C=O) groups is 1. The van der Waals surface area contributed by atoms with Gasteiger partial charge >= 0.3 is 0 Å². The number of halogens is 4. The number of aromatic hydroxyl groups is 1. The van der Waals surface area contributed by atoms with Crippen LogP contribution in [0.1, 0.15) is 17.3 Å². The lowest BCUT2D eigenvalue weighted by Gasteiger charge is -2.12. The van der Waals surface area contributed by atoms with Crippen molar-refractivity contribution in [3.63, 3.8) is 0 Å². The third kappa shape index (κ3) is 4.00. The van der Waals surface area contributed by atoms with E-state index in [0.717, 1.165) is 0 Å². The molecule has 1 aromatic carbocycles. The predicted molar refractivity (Wildman–Crippen MR) is 66.1 cm³/mol. The first kappa shape index (κ1) is 17.5. The van der Waals surface area contributed by atoms with Crippen LogP contribution in [-0.4, -0.2) is 30.6 Å². The summed E-state index contributed by atoms with van der Waals surface area (Å²) in [5.74, 6) is -7.11. The van der Waals surface area contributed by atoms with Gasteiger partial charge in [-0.15, -0.1) is 12.4 Å². The van der Waals surface area contributed by atoms with Gasteiger partial charge in [-0.25, -0.2) is 8.78 Å². The number of nitrogens with one attached hydrogen (secondary N) is 2. The van der Waals surface area contributed by atoms with E-state index in [1.54, 1.807) is 14.0 Å². The molecule has 0 heterocycles. The summed E-state index contributed by atoms with van der Waals surface area (Å²) in [4.78, 5) is 11.5. The smallest absolute Gasteiger partial charge is 0.254 e.